The molecule has 0 spiro atoms. The lowest BCUT2D eigenvalue weighted by molar-refractivity contribution is 1.41. The van der Waals surface area contributed by atoms with Gasteiger partial charge in [0, 0.05) is 9.37 Å². The summed E-state index contributed by atoms with van der Waals surface area (Å²) in [5, 5.41) is 1.18. The van der Waals surface area contributed by atoms with Crippen molar-refractivity contribution in [3.05, 3.63) is 26.7 Å². The van der Waals surface area contributed by atoms with Gasteiger partial charge in [-0.25, -0.2) is 0 Å². The van der Waals surface area contributed by atoms with Crippen LogP contribution in [0.5, 0.6) is 0 Å². The monoisotopic (exact) mass is 270 g/mol. The van der Waals surface area contributed by atoms with Gasteiger partial charge in [0.25, 0.3) is 0 Å². The number of thioether (sulfide) groups is 1. The molecule has 0 aliphatic rings. The van der Waals surface area contributed by atoms with Gasteiger partial charge in [0.15, 0.2) is 0 Å². The minimum atomic E-state index is 0.580. The number of hydrogen-bond acceptors (Lipinski definition) is 1. The van der Waals surface area contributed by atoms with Crippen LogP contribution in [0.25, 0.3) is 0 Å². The van der Waals surface area contributed by atoms with Gasteiger partial charge in [0.2, 0.25) is 0 Å². The third kappa shape index (κ3) is 2.28. The van der Waals surface area contributed by atoms with Crippen molar-refractivity contribution in [3.8, 4) is 0 Å². The first-order chi connectivity index (χ1) is 5.15. The fourth-order valence-electron chi connectivity index (χ4n) is 0.661. The van der Waals surface area contributed by atoms with Crippen molar-refractivity contribution < 1.29 is 0 Å². The van der Waals surface area contributed by atoms with Crippen molar-refractivity contribution in [2.24, 2.45) is 0 Å². The molecule has 0 aromatic heterocycles. The normalized spacial score (nSPS) is 10.2. The highest BCUT2D eigenvalue weighted by molar-refractivity contribution is 9.10. The zero-order chi connectivity index (χ0) is 8.43. The van der Waals surface area contributed by atoms with Crippen LogP contribution < -0.4 is 0 Å². The molecule has 0 fully saturated rings. The van der Waals surface area contributed by atoms with Crippen LogP contribution in [0.1, 0.15) is 0 Å². The Hall–Kier alpha value is 0.630. The van der Waals surface area contributed by atoms with Crippen molar-refractivity contribution >= 4 is 50.9 Å². The lowest BCUT2D eigenvalue weighted by atomic mass is 10.4. The molecule has 0 unspecified atom stereocenters. The molecule has 1 rings (SSSR count). The quantitative estimate of drug-likeness (QED) is 0.536. The maximum Gasteiger partial charge on any atom is 0.0604 e. The highest BCUT2D eigenvalue weighted by Crippen LogP contribution is 2.33. The van der Waals surface area contributed by atoms with Crippen LogP contribution in [-0.2, 0) is 0 Å². The predicted molar refractivity (Wildman–Crippen MR) is 55.9 cm³/mol. The number of hydrogen-bond donors (Lipinski definition) is 0. The van der Waals surface area contributed by atoms with Crippen LogP contribution in [0.4, 0.5) is 0 Å². The third-order valence-electron chi connectivity index (χ3n) is 1.19. The van der Waals surface area contributed by atoms with E-state index in [0.717, 1.165) is 9.37 Å². The van der Waals surface area contributed by atoms with Crippen LogP contribution >= 0.6 is 50.9 Å². The summed E-state index contributed by atoms with van der Waals surface area (Å²) < 4.78 is 0.986. The molecule has 60 valence electrons. The fraction of sp³-hybridized carbons (Fsp3) is 0.143. The highest BCUT2D eigenvalue weighted by atomic mass is 79.9. The minimum Gasteiger partial charge on any atom is -0.128 e. The van der Waals surface area contributed by atoms with Crippen LogP contribution in [0.3, 0.4) is 0 Å². The molecule has 0 atom stereocenters. The van der Waals surface area contributed by atoms with E-state index in [2.05, 4.69) is 15.9 Å². The molecule has 11 heavy (non-hydrogen) atoms. The average molecular weight is 272 g/mol. The fourth-order valence-corrected chi connectivity index (χ4v) is 2.50. The summed E-state index contributed by atoms with van der Waals surface area (Å²) in [4.78, 5) is 1.10. The second-order valence-corrected chi connectivity index (χ2v) is 4.42. The van der Waals surface area contributed by atoms with E-state index in [0.29, 0.717) is 10.0 Å². The Morgan fingerprint density at radius 3 is 2.36 bits per heavy atom. The summed E-state index contributed by atoms with van der Waals surface area (Å²) >= 11 is 16.6. The van der Waals surface area contributed by atoms with Gasteiger partial charge in [0.05, 0.1) is 10.0 Å². The van der Waals surface area contributed by atoms with Crippen molar-refractivity contribution in [1.29, 1.82) is 0 Å². The molecule has 0 bridgehead atoms. The molecule has 0 radical (unpaired) electrons. The smallest absolute Gasteiger partial charge is 0.0604 e. The Labute approximate surface area is 88.4 Å². The van der Waals surface area contributed by atoms with E-state index in [4.69, 9.17) is 23.2 Å². The van der Waals surface area contributed by atoms with E-state index in [1.165, 1.54) is 0 Å². The summed E-state index contributed by atoms with van der Waals surface area (Å²) in [7, 11) is 0. The molecule has 0 aliphatic heterocycles. The Balaban J connectivity index is 3.21. The van der Waals surface area contributed by atoms with Gasteiger partial charge < -0.3 is 0 Å². The molecular weight excluding hydrogens is 267 g/mol. The van der Waals surface area contributed by atoms with Crippen molar-refractivity contribution in [2.45, 2.75) is 4.90 Å². The molecule has 1 aromatic rings. The molecule has 1 aromatic carbocycles. The molecule has 4 heteroatoms. The van der Waals surface area contributed by atoms with Crippen molar-refractivity contribution in [3.63, 3.8) is 0 Å². The average Bonchev–Trinajstić information content (AvgIpc) is 1.97. The Morgan fingerprint density at radius 2 is 1.82 bits per heavy atom. The summed E-state index contributed by atoms with van der Waals surface area (Å²) in [5.41, 5.74) is 0. The highest BCUT2D eigenvalue weighted by Gasteiger charge is 2.03. The SMILES string of the molecule is CSc1cc(Cl)c(Cl)cc1Br. The predicted octanol–water partition coefficient (Wildman–Crippen LogP) is 4.48. The number of halogens is 3. The van der Waals surface area contributed by atoms with Gasteiger partial charge in [-0.1, -0.05) is 23.2 Å². The van der Waals surface area contributed by atoms with Gasteiger partial charge in [-0.3, -0.25) is 0 Å². The maximum atomic E-state index is 5.80. The zero-order valence-corrected chi connectivity index (χ0v) is 9.61. The maximum absolute atomic E-state index is 5.80. The van der Waals surface area contributed by atoms with Crippen molar-refractivity contribution in [2.75, 3.05) is 6.26 Å². The number of rotatable bonds is 1. The molecule has 0 saturated carbocycles. The van der Waals surface area contributed by atoms with E-state index in [9.17, 15) is 0 Å². The van der Waals surface area contributed by atoms with Crippen LogP contribution in [0, 0.1) is 0 Å². The summed E-state index contributed by atoms with van der Waals surface area (Å²) in [6.45, 7) is 0. The van der Waals surface area contributed by atoms with E-state index in [1.807, 2.05) is 12.3 Å². The largest absolute Gasteiger partial charge is 0.128 e. The van der Waals surface area contributed by atoms with Crippen LogP contribution in [0.2, 0.25) is 10.0 Å². The van der Waals surface area contributed by atoms with Crippen molar-refractivity contribution in [1.82, 2.24) is 0 Å². The molecule has 0 nitrogen and oxygen atoms in total. The molecule has 0 N–H and O–H groups in total. The lowest BCUT2D eigenvalue weighted by Crippen LogP contribution is -1.75. The van der Waals surface area contributed by atoms with E-state index in [1.54, 1.807) is 17.8 Å². The van der Waals surface area contributed by atoms with Crippen LogP contribution in [-0.4, -0.2) is 6.26 Å². The summed E-state index contributed by atoms with van der Waals surface area (Å²) in [6, 6.07) is 3.65. The van der Waals surface area contributed by atoms with Gasteiger partial charge in [0.1, 0.15) is 0 Å². The second kappa shape index (κ2) is 4.04. The number of benzene rings is 1. The van der Waals surface area contributed by atoms with Crippen LogP contribution in [0.15, 0.2) is 21.5 Å². The molecule has 0 saturated heterocycles. The van der Waals surface area contributed by atoms with E-state index >= 15 is 0 Å². The lowest BCUT2D eigenvalue weighted by Gasteiger charge is -2.02. The summed E-state index contributed by atoms with van der Waals surface area (Å²) in [6.07, 6.45) is 1.99. The topological polar surface area (TPSA) is 0 Å². The van der Waals surface area contributed by atoms with E-state index in [-0.39, 0.29) is 0 Å². The van der Waals surface area contributed by atoms with Gasteiger partial charge in [-0.05, 0) is 34.3 Å². The van der Waals surface area contributed by atoms with Gasteiger partial charge in [-0.15, -0.1) is 11.8 Å². The Bertz CT molecular complexity index is 275. The minimum absolute atomic E-state index is 0.580. The third-order valence-corrected chi connectivity index (χ3v) is 3.61. The standard InChI is InChI=1S/C7H5BrCl2S/c1-11-7-3-6(10)5(9)2-4(7)8/h2-3H,1H3. The summed E-state index contributed by atoms with van der Waals surface area (Å²) in [5.74, 6) is 0. The molecule has 0 amide bonds. The first kappa shape index (κ1) is 9.72. The first-order valence-electron chi connectivity index (χ1n) is 2.83. The first-order valence-corrected chi connectivity index (χ1v) is 5.61. The van der Waals surface area contributed by atoms with E-state index < -0.39 is 0 Å². The van der Waals surface area contributed by atoms with Gasteiger partial charge in [-0.2, -0.15) is 0 Å². The molecular formula is C7H5BrCl2S. The second-order valence-electron chi connectivity index (χ2n) is 1.90. The van der Waals surface area contributed by atoms with Gasteiger partial charge >= 0.3 is 0 Å². The Morgan fingerprint density at radius 1 is 1.27 bits per heavy atom. The molecule has 0 heterocycles. The Kier molecular flexibility index (Phi) is 3.56. The molecule has 0 aliphatic carbocycles. The zero-order valence-electron chi connectivity index (χ0n) is 5.70.